The summed E-state index contributed by atoms with van der Waals surface area (Å²) in [5, 5.41) is 13.3. The number of non-ortho nitro benzene ring substituents is 1. The van der Waals surface area contributed by atoms with Crippen LogP contribution in [-0.2, 0) is 0 Å². The number of amides is 1. The highest BCUT2D eigenvalue weighted by Crippen LogP contribution is 2.18. The summed E-state index contributed by atoms with van der Waals surface area (Å²) in [7, 11) is 0. The van der Waals surface area contributed by atoms with Crippen molar-refractivity contribution >= 4 is 11.6 Å². The minimum absolute atomic E-state index is 0.00148. The van der Waals surface area contributed by atoms with Crippen molar-refractivity contribution in [2.45, 2.75) is 12.8 Å². The van der Waals surface area contributed by atoms with E-state index in [-0.39, 0.29) is 17.2 Å². The molecule has 0 aliphatic heterocycles. The molecule has 6 heteroatoms. The van der Waals surface area contributed by atoms with Crippen molar-refractivity contribution < 1.29 is 14.1 Å². The summed E-state index contributed by atoms with van der Waals surface area (Å²) in [5.41, 5.74) is 0.879. The number of benzene rings is 2. The predicted molar refractivity (Wildman–Crippen MR) is 80.2 cm³/mol. The van der Waals surface area contributed by atoms with Gasteiger partial charge in [-0.15, -0.1) is 0 Å². The Balaban J connectivity index is 1.97. The largest absolute Gasteiger partial charge is 0.351 e. The van der Waals surface area contributed by atoms with Gasteiger partial charge in [0.1, 0.15) is 5.82 Å². The van der Waals surface area contributed by atoms with E-state index in [0.717, 1.165) is 5.56 Å². The van der Waals surface area contributed by atoms with Crippen LogP contribution in [0.4, 0.5) is 10.1 Å². The molecule has 0 radical (unpaired) electrons. The molecular weight excluding hydrogens is 287 g/mol. The summed E-state index contributed by atoms with van der Waals surface area (Å²) in [6, 6.07) is 11.9. The summed E-state index contributed by atoms with van der Waals surface area (Å²) in [5.74, 6) is -1.09. The van der Waals surface area contributed by atoms with Crippen LogP contribution < -0.4 is 5.32 Å². The molecule has 1 amide bonds. The molecule has 0 unspecified atom stereocenters. The molecule has 0 bridgehead atoms. The number of rotatable bonds is 5. The van der Waals surface area contributed by atoms with Crippen molar-refractivity contribution in [2.75, 3.05) is 6.54 Å². The number of nitrogens with zero attached hydrogens (tertiary/aromatic N) is 1. The molecule has 0 fully saturated rings. The Hall–Kier alpha value is -2.76. The first-order valence-electron chi connectivity index (χ1n) is 6.76. The fourth-order valence-electron chi connectivity index (χ4n) is 2.03. The molecule has 1 atom stereocenters. The van der Waals surface area contributed by atoms with Crippen LogP contribution in [-0.4, -0.2) is 17.4 Å². The number of hydrogen-bond donors (Lipinski definition) is 1. The van der Waals surface area contributed by atoms with Crippen LogP contribution in [0.1, 0.15) is 28.8 Å². The van der Waals surface area contributed by atoms with Gasteiger partial charge in [-0.25, -0.2) is 4.39 Å². The highest BCUT2D eigenvalue weighted by atomic mass is 19.1. The average molecular weight is 302 g/mol. The Morgan fingerprint density at radius 3 is 2.45 bits per heavy atom. The molecule has 0 aliphatic carbocycles. The third-order valence-corrected chi connectivity index (χ3v) is 3.36. The van der Waals surface area contributed by atoms with Crippen molar-refractivity contribution in [3.63, 3.8) is 0 Å². The second kappa shape index (κ2) is 6.80. The molecule has 2 aromatic carbocycles. The maximum absolute atomic E-state index is 13.5. The summed E-state index contributed by atoms with van der Waals surface area (Å²) in [4.78, 5) is 22.0. The SMILES string of the molecule is C[C@@H](CNC(=O)c1ccccc1F)c1ccc([N+](=O)[O-])cc1. The minimum atomic E-state index is -0.567. The zero-order valence-corrected chi connectivity index (χ0v) is 12.0. The van der Waals surface area contributed by atoms with E-state index in [0.29, 0.717) is 6.54 Å². The van der Waals surface area contributed by atoms with Gasteiger partial charge < -0.3 is 5.32 Å². The number of nitrogens with one attached hydrogen (secondary N) is 1. The lowest BCUT2D eigenvalue weighted by Gasteiger charge is -2.13. The Morgan fingerprint density at radius 2 is 1.86 bits per heavy atom. The Morgan fingerprint density at radius 1 is 1.23 bits per heavy atom. The van der Waals surface area contributed by atoms with E-state index in [4.69, 9.17) is 0 Å². The van der Waals surface area contributed by atoms with Crippen LogP contribution in [0.15, 0.2) is 48.5 Å². The van der Waals surface area contributed by atoms with Crippen molar-refractivity contribution in [3.05, 3.63) is 75.6 Å². The molecule has 0 saturated carbocycles. The molecule has 0 aliphatic rings. The van der Waals surface area contributed by atoms with Crippen LogP contribution in [0.3, 0.4) is 0 Å². The molecule has 0 spiro atoms. The van der Waals surface area contributed by atoms with E-state index >= 15 is 0 Å². The molecule has 5 nitrogen and oxygen atoms in total. The standard InChI is InChI=1S/C16H15FN2O3/c1-11(12-6-8-13(9-7-12)19(21)22)10-18-16(20)14-4-2-3-5-15(14)17/h2-9,11H,10H2,1H3,(H,18,20)/t11-/m0/s1. The van der Waals surface area contributed by atoms with Crippen LogP contribution in [0.2, 0.25) is 0 Å². The molecule has 2 rings (SSSR count). The summed E-state index contributed by atoms with van der Waals surface area (Å²) < 4.78 is 13.5. The topological polar surface area (TPSA) is 72.2 Å². The quantitative estimate of drug-likeness (QED) is 0.680. The first-order chi connectivity index (χ1) is 10.5. The second-order valence-corrected chi connectivity index (χ2v) is 4.94. The van der Waals surface area contributed by atoms with Gasteiger partial charge in [-0.3, -0.25) is 14.9 Å². The van der Waals surface area contributed by atoms with Crippen molar-refractivity contribution in [3.8, 4) is 0 Å². The monoisotopic (exact) mass is 302 g/mol. The van der Waals surface area contributed by atoms with E-state index in [9.17, 15) is 19.3 Å². The Bertz CT molecular complexity index is 686. The van der Waals surface area contributed by atoms with Gasteiger partial charge in [0, 0.05) is 18.7 Å². The third kappa shape index (κ3) is 3.66. The van der Waals surface area contributed by atoms with Crippen molar-refractivity contribution in [2.24, 2.45) is 0 Å². The Labute approximate surface area is 126 Å². The summed E-state index contributed by atoms with van der Waals surface area (Å²) >= 11 is 0. The van der Waals surface area contributed by atoms with Gasteiger partial charge in [0.05, 0.1) is 10.5 Å². The molecule has 114 valence electrons. The van der Waals surface area contributed by atoms with Gasteiger partial charge in [-0.2, -0.15) is 0 Å². The molecule has 0 aromatic heterocycles. The zero-order chi connectivity index (χ0) is 16.1. The van der Waals surface area contributed by atoms with Gasteiger partial charge in [-0.1, -0.05) is 31.2 Å². The average Bonchev–Trinajstić information content (AvgIpc) is 2.52. The lowest BCUT2D eigenvalue weighted by Crippen LogP contribution is -2.28. The normalized spacial score (nSPS) is 11.7. The predicted octanol–water partition coefficient (Wildman–Crippen LogP) is 3.27. The maximum Gasteiger partial charge on any atom is 0.269 e. The van der Waals surface area contributed by atoms with Gasteiger partial charge >= 0.3 is 0 Å². The van der Waals surface area contributed by atoms with E-state index < -0.39 is 16.6 Å². The third-order valence-electron chi connectivity index (χ3n) is 3.36. The first-order valence-corrected chi connectivity index (χ1v) is 6.76. The number of hydrogen-bond acceptors (Lipinski definition) is 3. The smallest absolute Gasteiger partial charge is 0.269 e. The van der Waals surface area contributed by atoms with Crippen LogP contribution in [0, 0.1) is 15.9 Å². The Kier molecular flexibility index (Phi) is 4.83. The minimum Gasteiger partial charge on any atom is -0.351 e. The van der Waals surface area contributed by atoms with Crippen LogP contribution in [0.25, 0.3) is 0 Å². The number of nitro benzene ring substituents is 1. The van der Waals surface area contributed by atoms with E-state index in [1.165, 1.54) is 30.3 Å². The van der Waals surface area contributed by atoms with Crippen molar-refractivity contribution in [1.29, 1.82) is 0 Å². The molecule has 1 N–H and O–H groups in total. The highest BCUT2D eigenvalue weighted by Gasteiger charge is 2.13. The fraction of sp³-hybridized carbons (Fsp3) is 0.188. The molecule has 2 aromatic rings. The molecule has 22 heavy (non-hydrogen) atoms. The molecular formula is C16H15FN2O3. The number of nitro groups is 1. The molecule has 0 heterocycles. The fourth-order valence-corrected chi connectivity index (χ4v) is 2.03. The second-order valence-electron chi connectivity index (χ2n) is 4.94. The van der Waals surface area contributed by atoms with Gasteiger partial charge in [0.15, 0.2) is 0 Å². The lowest BCUT2D eigenvalue weighted by atomic mass is 10.0. The van der Waals surface area contributed by atoms with Crippen molar-refractivity contribution in [1.82, 2.24) is 5.32 Å². The van der Waals surface area contributed by atoms with Gasteiger partial charge in [0.25, 0.3) is 11.6 Å². The highest BCUT2D eigenvalue weighted by molar-refractivity contribution is 5.94. The first kappa shape index (κ1) is 15.6. The number of halogens is 1. The lowest BCUT2D eigenvalue weighted by molar-refractivity contribution is -0.384. The number of carbonyl (C=O) groups excluding carboxylic acids is 1. The van der Waals surface area contributed by atoms with Crippen LogP contribution in [0.5, 0.6) is 0 Å². The number of carbonyl (C=O) groups is 1. The van der Waals surface area contributed by atoms with Gasteiger partial charge in [-0.05, 0) is 23.6 Å². The summed E-state index contributed by atoms with van der Waals surface area (Å²) in [6.07, 6.45) is 0. The van der Waals surface area contributed by atoms with E-state index in [1.54, 1.807) is 18.2 Å². The van der Waals surface area contributed by atoms with Crippen LogP contribution >= 0.6 is 0 Å². The van der Waals surface area contributed by atoms with E-state index in [1.807, 2.05) is 6.92 Å². The molecule has 0 saturated heterocycles. The van der Waals surface area contributed by atoms with E-state index in [2.05, 4.69) is 5.32 Å². The van der Waals surface area contributed by atoms with Gasteiger partial charge in [0.2, 0.25) is 0 Å². The maximum atomic E-state index is 13.5. The zero-order valence-electron chi connectivity index (χ0n) is 12.0. The summed E-state index contributed by atoms with van der Waals surface area (Å²) in [6.45, 7) is 2.19.